The van der Waals surface area contributed by atoms with E-state index in [4.69, 9.17) is 0 Å². The molecule has 0 aromatic carbocycles. The van der Waals surface area contributed by atoms with E-state index in [0.29, 0.717) is 31.6 Å². The molecule has 2 atom stereocenters. The predicted molar refractivity (Wildman–Crippen MR) is 100 cm³/mol. The van der Waals surface area contributed by atoms with Crippen molar-refractivity contribution < 1.29 is 18.0 Å². The number of fused-ring (bicyclic) bond motifs is 1. The lowest BCUT2D eigenvalue weighted by atomic mass is 9.84. The Balaban J connectivity index is 0.00000182. The molecular weight excluding hydrogens is 404 g/mol. The number of rotatable bonds is 2. The fraction of sp³-hybridized carbons (Fsp3) is 0.706. The van der Waals surface area contributed by atoms with Crippen LogP contribution >= 0.6 is 24.8 Å². The highest BCUT2D eigenvalue weighted by Gasteiger charge is 2.40. The van der Waals surface area contributed by atoms with Gasteiger partial charge in [-0.15, -0.1) is 24.8 Å². The Morgan fingerprint density at radius 3 is 2.56 bits per heavy atom. The first-order valence-electron chi connectivity index (χ1n) is 8.69. The lowest BCUT2D eigenvalue weighted by molar-refractivity contribution is -0.143. The van der Waals surface area contributed by atoms with Gasteiger partial charge in [0, 0.05) is 36.3 Å². The van der Waals surface area contributed by atoms with Crippen LogP contribution in [-0.2, 0) is 23.8 Å². The summed E-state index contributed by atoms with van der Waals surface area (Å²) in [6.45, 7) is 2.77. The van der Waals surface area contributed by atoms with E-state index >= 15 is 0 Å². The Labute approximate surface area is 169 Å². The van der Waals surface area contributed by atoms with E-state index in [9.17, 15) is 18.0 Å². The van der Waals surface area contributed by atoms with Gasteiger partial charge in [0.25, 0.3) is 0 Å². The molecule has 1 fully saturated rings. The fourth-order valence-electron chi connectivity index (χ4n) is 3.85. The number of amides is 1. The van der Waals surface area contributed by atoms with Crippen molar-refractivity contribution in [2.24, 2.45) is 5.92 Å². The van der Waals surface area contributed by atoms with E-state index < -0.39 is 17.8 Å². The van der Waals surface area contributed by atoms with E-state index in [2.05, 4.69) is 15.3 Å². The highest BCUT2D eigenvalue weighted by molar-refractivity contribution is 5.85. The molecule has 1 aliphatic heterocycles. The fourth-order valence-corrected chi connectivity index (χ4v) is 3.85. The number of likely N-dealkylation sites (N-methyl/N-ethyl adjacent to an activating group) is 1. The van der Waals surface area contributed by atoms with Crippen molar-refractivity contribution in [3.8, 4) is 0 Å². The highest BCUT2D eigenvalue weighted by atomic mass is 35.5. The molecule has 1 aromatic rings. The summed E-state index contributed by atoms with van der Waals surface area (Å²) in [6, 6.07) is 0.255. The summed E-state index contributed by atoms with van der Waals surface area (Å²) in [7, 11) is 1.87. The van der Waals surface area contributed by atoms with Crippen LogP contribution < -0.4 is 5.32 Å². The van der Waals surface area contributed by atoms with E-state index in [1.165, 1.54) is 6.92 Å². The van der Waals surface area contributed by atoms with E-state index in [1.807, 2.05) is 7.05 Å². The van der Waals surface area contributed by atoms with Crippen LogP contribution in [0, 0.1) is 12.8 Å². The molecule has 0 saturated carbocycles. The Hall–Kier alpha value is -1.12. The first-order valence-corrected chi connectivity index (χ1v) is 8.69. The molecule has 1 saturated heterocycles. The maximum Gasteiger partial charge on any atom is 0.433 e. The van der Waals surface area contributed by atoms with Crippen LogP contribution in [0.5, 0.6) is 0 Å². The van der Waals surface area contributed by atoms with Crippen LogP contribution in [0.1, 0.15) is 42.0 Å². The van der Waals surface area contributed by atoms with Crippen molar-refractivity contribution in [2.45, 2.75) is 51.2 Å². The van der Waals surface area contributed by atoms with Gasteiger partial charge in [0.1, 0.15) is 5.82 Å². The zero-order valence-electron chi connectivity index (χ0n) is 15.3. The van der Waals surface area contributed by atoms with Gasteiger partial charge in [-0.1, -0.05) is 0 Å². The van der Waals surface area contributed by atoms with Crippen molar-refractivity contribution >= 4 is 30.7 Å². The number of aryl methyl sites for hydroxylation is 2. The van der Waals surface area contributed by atoms with Gasteiger partial charge in [0.2, 0.25) is 5.91 Å². The topological polar surface area (TPSA) is 58.1 Å². The standard InChI is InChI=1S/C17H23F3N4O.2ClH/c1-10-22-14-6-5-11(8-13(14)15(23-10)17(18,19)20)16(25)24-7-3-4-12(9-24)21-2;;/h11-12,21H,3-9H2,1-2H3;2*1H. The molecule has 2 unspecified atom stereocenters. The van der Waals surface area contributed by atoms with E-state index in [0.717, 1.165) is 12.8 Å². The van der Waals surface area contributed by atoms with Gasteiger partial charge in [-0.2, -0.15) is 13.2 Å². The summed E-state index contributed by atoms with van der Waals surface area (Å²) in [5.41, 5.74) is -0.334. The van der Waals surface area contributed by atoms with Gasteiger partial charge >= 0.3 is 6.18 Å². The second-order valence-electron chi connectivity index (χ2n) is 6.89. The van der Waals surface area contributed by atoms with Crippen LogP contribution in [0.2, 0.25) is 0 Å². The number of hydrogen-bond acceptors (Lipinski definition) is 4. The second kappa shape index (κ2) is 9.39. The summed E-state index contributed by atoms with van der Waals surface area (Å²) in [5.74, 6) is -0.335. The number of halogens is 5. The molecule has 0 bridgehead atoms. The predicted octanol–water partition coefficient (Wildman–Crippen LogP) is 2.96. The Morgan fingerprint density at radius 2 is 1.93 bits per heavy atom. The third-order valence-electron chi connectivity index (χ3n) is 5.14. The van der Waals surface area contributed by atoms with Crippen molar-refractivity contribution in [1.29, 1.82) is 0 Å². The molecule has 154 valence electrons. The zero-order valence-corrected chi connectivity index (χ0v) is 16.9. The van der Waals surface area contributed by atoms with Gasteiger partial charge in [-0.25, -0.2) is 9.97 Å². The van der Waals surface area contributed by atoms with E-state index in [1.54, 1.807) is 4.90 Å². The number of nitrogens with zero attached hydrogens (tertiary/aromatic N) is 3. The number of hydrogen-bond donors (Lipinski definition) is 1. The maximum atomic E-state index is 13.3. The normalized spacial score (nSPS) is 22.3. The number of carbonyl (C=O) groups excluding carboxylic acids is 1. The molecule has 0 spiro atoms. The largest absolute Gasteiger partial charge is 0.433 e. The lowest BCUT2D eigenvalue weighted by Crippen LogP contribution is -2.49. The molecule has 1 amide bonds. The summed E-state index contributed by atoms with van der Waals surface area (Å²) in [6.07, 6.45) is -1.59. The van der Waals surface area contributed by atoms with Crippen molar-refractivity contribution in [2.75, 3.05) is 20.1 Å². The van der Waals surface area contributed by atoms with Gasteiger partial charge < -0.3 is 10.2 Å². The Kier molecular flexibility index (Phi) is 8.31. The van der Waals surface area contributed by atoms with Gasteiger partial charge in [0.15, 0.2) is 5.69 Å². The molecular formula is C17H25Cl2F3N4O. The van der Waals surface area contributed by atoms with Crippen LogP contribution in [0.25, 0.3) is 0 Å². The third kappa shape index (κ3) is 5.23. The van der Waals surface area contributed by atoms with Crippen LogP contribution in [-0.4, -0.2) is 47.0 Å². The second-order valence-corrected chi connectivity index (χ2v) is 6.89. The number of aromatic nitrogens is 2. The van der Waals surface area contributed by atoms with Crippen LogP contribution in [0.3, 0.4) is 0 Å². The van der Waals surface area contributed by atoms with Crippen molar-refractivity contribution in [1.82, 2.24) is 20.2 Å². The average Bonchev–Trinajstić information content (AvgIpc) is 2.59. The van der Waals surface area contributed by atoms with Crippen LogP contribution in [0.15, 0.2) is 0 Å². The molecule has 5 nitrogen and oxygen atoms in total. The molecule has 2 heterocycles. The number of nitrogens with one attached hydrogen (secondary N) is 1. The molecule has 2 aliphatic rings. The van der Waals surface area contributed by atoms with Gasteiger partial charge in [-0.05, 0) is 46.1 Å². The minimum Gasteiger partial charge on any atom is -0.341 e. The maximum absolute atomic E-state index is 13.3. The van der Waals surface area contributed by atoms with Gasteiger partial charge in [-0.3, -0.25) is 4.79 Å². The van der Waals surface area contributed by atoms with E-state index in [-0.39, 0.29) is 54.6 Å². The molecule has 0 radical (unpaired) electrons. The molecule has 1 N–H and O–H groups in total. The summed E-state index contributed by atoms with van der Waals surface area (Å²) in [4.78, 5) is 22.4. The summed E-state index contributed by atoms with van der Waals surface area (Å²) in [5, 5.41) is 3.18. The molecule has 10 heteroatoms. The molecule has 3 rings (SSSR count). The van der Waals surface area contributed by atoms with Crippen LogP contribution in [0.4, 0.5) is 13.2 Å². The Morgan fingerprint density at radius 1 is 1.22 bits per heavy atom. The Bertz CT molecular complexity index is 672. The molecule has 27 heavy (non-hydrogen) atoms. The number of carbonyl (C=O) groups is 1. The summed E-state index contributed by atoms with van der Waals surface area (Å²) < 4.78 is 40.0. The van der Waals surface area contributed by atoms with Crippen molar-refractivity contribution in [3.63, 3.8) is 0 Å². The average molecular weight is 429 g/mol. The quantitative estimate of drug-likeness (QED) is 0.786. The first kappa shape index (κ1) is 23.9. The summed E-state index contributed by atoms with van der Waals surface area (Å²) >= 11 is 0. The molecule has 1 aliphatic carbocycles. The number of likely N-dealkylation sites (tertiary alicyclic amines) is 1. The minimum atomic E-state index is -4.52. The first-order chi connectivity index (χ1) is 11.8. The number of alkyl halides is 3. The number of piperidine rings is 1. The highest BCUT2D eigenvalue weighted by Crippen LogP contribution is 2.36. The third-order valence-corrected chi connectivity index (χ3v) is 5.14. The monoisotopic (exact) mass is 428 g/mol. The smallest absolute Gasteiger partial charge is 0.341 e. The zero-order chi connectivity index (χ0) is 18.2. The lowest BCUT2D eigenvalue weighted by Gasteiger charge is -2.36. The minimum absolute atomic E-state index is 0. The van der Waals surface area contributed by atoms with Gasteiger partial charge in [0.05, 0.1) is 0 Å². The van der Waals surface area contributed by atoms with Crippen molar-refractivity contribution in [3.05, 3.63) is 22.8 Å². The molecule has 1 aromatic heterocycles. The SMILES string of the molecule is CNC1CCCN(C(=O)C2CCc3nc(C)nc(C(F)(F)F)c3C2)C1.Cl.Cl.